The van der Waals surface area contributed by atoms with Crippen molar-refractivity contribution in [2.75, 3.05) is 0 Å². The van der Waals surface area contributed by atoms with Gasteiger partial charge < -0.3 is 5.11 Å². The van der Waals surface area contributed by atoms with E-state index in [-0.39, 0.29) is 11.7 Å². The van der Waals surface area contributed by atoms with Crippen molar-refractivity contribution in [3.05, 3.63) is 11.8 Å². The number of aliphatic hydroxyl groups is 1. The summed E-state index contributed by atoms with van der Waals surface area (Å²) in [7, 11) is 0. The summed E-state index contributed by atoms with van der Waals surface area (Å²) < 4.78 is 0. The van der Waals surface area contributed by atoms with Crippen LogP contribution in [0.2, 0.25) is 0 Å². The van der Waals surface area contributed by atoms with Crippen molar-refractivity contribution >= 4 is 5.78 Å². The Morgan fingerprint density at radius 2 is 2.40 bits per heavy atom. The Hall–Kier alpha value is -0.790. The van der Waals surface area contributed by atoms with E-state index >= 15 is 0 Å². The fourth-order valence-electron chi connectivity index (χ4n) is 1.30. The Kier molecular flexibility index (Phi) is 2.10. The Morgan fingerprint density at radius 1 is 1.70 bits per heavy atom. The third kappa shape index (κ3) is 1.20. The lowest BCUT2D eigenvalue weighted by molar-refractivity contribution is -0.120. The van der Waals surface area contributed by atoms with E-state index in [0.29, 0.717) is 5.57 Å². The zero-order chi connectivity index (χ0) is 7.56. The first-order valence-corrected chi connectivity index (χ1v) is 3.63. The van der Waals surface area contributed by atoms with Crippen molar-refractivity contribution in [2.24, 2.45) is 5.92 Å². The van der Waals surface area contributed by atoms with Gasteiger partial charge in [-0.3, -0.25) is 4.79 Å². The van der Waals surface area contributed by atoms with Gasteiger partial charge in [0.25, 0.3) is 0 Å². The number of hydrogen-bond acceptors (Lipinski definition) is 2. The van der Waals surface area contributed by atoms with Gasteiger partial charge in [0.05, 0.1) is 6.26 Å². The lowest BCUT2D eigenvalue weighted by Crippen LogP contribution is -2.18. The molecular weight excluding hydrogens is 128 g/mol. The number of aliphatic hydroxyl groups excluding tert-OH is 1. The molecule has 10 heavy (non-hydrogen) atoms. The molecule has 1 fully saturated rings. The second kappa shape index (κ2) is 2.86. The van der Waals surface area contributed by atoms with Crippen LogP contribution in [0.25, 0.3) is 0 Å². The molecule has 0 amide bonds. The van der Waals surface area contributed by atoms with Gasteiger partial charge in [-0.25, -0.2) is 0 Å². The fourth-order valence-corrected chi connectivity index (χ4v) is 1.30. The molecule has 1 unspecified atom stereocenters. The first kappa shape index (κ1) is 7.32. The van der Waals surface area contributed by atoms with Crippen LogP contribution in [-0.4, -0.2) is 10.9 Å². The van der Waals surface area contributed by atoms with Crippen LogP contribution in [0.5, 0.6) is 0 Å². The van der Waals surface area contributed by atoms with Crippen LogP contribution in [0, 0.1) is 5.92 Å². The summed E-state index contributed by atoms with van der Waals surface area (Å²) in [5.74, 6) is 0.237. The van der Waals surface area contributed by atoms with Gasteiger partial charge in [0.2, 0.25) is 0 Å². The summed E-state index contributed by atoms with van der Waals surface area (Å²) in [5.41, 5.74) is 0.596. The molecule has 56 valence electrons. The molecule has 1 atom stereocenters. The first-order valence-electron chi connectivity index (χ1n) is 3.63. The maximum atomic E-state index is 11.1. The van der Waals surface area contributed by atoms with Crippen molar-refractivity contribution < 1.29 is 9.90 Å². The summed E-state index contributed by atoms with van der Waals surface area (Å²) in [5, 5.41) is 8.60. The van der Waals surface area contributed by atoms with Crippen molar-refractivity contribution in [1.82, 2.24) is 0 Å². The van der Waals surface area contributed by atoms with Crippen molar-refractivity contribution in [1.29, 1.82) is 0 Å². The molecule has 0 radical (unpaired) electrons. The van der Waals surface area contributed by atoms with Gasteiger partial charge in [-0.05, 0) is 19.3 Å². The van der Waals surface area contributed by atoms with Crippen LogP contribution < -0.4 is 0 Å². The number of carbonyl (C=O) groups is 1. The largest absolute Gasteiger partial charge is 0.515 e. The van der Waals surface area contributed by atoms with Crippen LogP contribution in [0.1, 0.15) is 26.2 Å². The van der Waals surface area contributed by atoms with E-state index in [9.17, 15) is 4.79 Å². The summed E-state index contributed by atoms with van der Waals surface area (Å²) in [6, 6.07) is 0. The molecule has 0 aliphatic heterocycles. The van der Waals surface area contributed by atoms with E-state index in [2.05, 4.69) is 0 Å². The second-order valence-corrected chi connectivity index (χ2v) is 2.81. The topological polar surface area (TPSA) is 37.3 Å². The molecule has 0 bridgehead atoms. The molecule has 0 spiro atoms. The minimum absolute atomic E-state index is 0.118. The van der Waals surface area contributed by atoms with Crippen molar-refractivity contribution in [3.63, 3.8) is 0 Å². The highest BCUT2D eigenvalue weighted by molar-refractivity contribution is 5.97. The van der Waals surface area contributed by atoms with E-state index in [0.717, 1.165) is 25.5 Å². The number of ketones is 1. The maximum absolute atomic E-state index is 11.1. The molecule has 1 aliphatic rings. The summed E-state index contributed by atoms with van der Waals surface area (Å²) in [6.07, 6.45) is 3.70. The summed E-state index contributed by atoms with van der Waals surface area (Å²) >= 11 is 0. The lowest BCUT2D eigenvalue weighted by atomic mass is 9.86. The second-order valence-electron chi connectivity index (χ2n) is 2.81. The average Bonchev–Trinajstić information content (AvgIpc) is 1.95. The number of carbonyl (C=O) groups excluding carboxylic acids is 1. The summed E-state index contributed by atoms with van der Waals surface area (Å²) in [4.78, 5) is 11.1. The van der Waals surface area contributed by atoms with E-state index in [1.807, 2.05) is 6.92 Å². The molecule has 0 aromatic heterocycles. The number of hydrogen-bond donors (Lipinski definition) is 1. The fraction of sp³-hybridized carbons (Fsp3) is 0.625. The van der Waals surface area contributed by atoms with E-state index in [4.69, 9.17) is 5.11 Å². The van der Waals surface area contributed by atoms with E-state index < -0.39 is 0 Å². The van der Waals surface area contributed by atoms with Gasteiger partial charge in [0, 0.05) is 11.5 Å². The standard InChI is InChI=1S/C8H12O2/c1-6-3-2-4-7(5-9)8(6)10/h5-6,9H,2-4H2,1H3/b7-5+. The normalized spacial score (nSPS) is 31.1. The Labute approximate surface area is 60.6 Å². The lowest BCUT2D eigenvalue weighted by Gasteiger charge is -2.17. The number of allylic oxidation sites excluding steroid dienone is 1. The highest BCUT2D eigenvalue weighted by Gasteiger charge is 2.22. The minimum atomic E-state index is 0.118. The third-order valence-corrected chi connectivity index (χ3v) is 2.00. The van der Waals surface area contributed by atoms with Crippen molar-refractivity contribution in [3.8, 4) is 0 Å². The quantitative estimate of drug-likeness (QED) is 0.411. The Bertz CT molecular complexity index is 170. The van der Waals surface area contributed by atoms with Gasteiger partial charge in [-0.2, -0.15) is 0 Å². The smallest absolute Gasteiger partial charge is 0.164 e. The molecule has 0 aromatic carbocycles. The minimum Gasteiger partial charge on any atom is -0.515 e. The molecule has 2 nitrogen and oxygen atoms in total. The van der Waals surface area contributed by atoms with Gasteiger partial charge in [-0.1, -0.05) is 6.92 Å². The van der Waals surface area contributed by atoms with E-state index in [1.54, 1.807) is 0 Å². The molecule has 0 aromatic rings. The SMILES string of the molecule is CC1CCC/C(=C\O)C1=O. The molecule has 1 aliphatic carbocycles. The average molecular weight is 140 g/mol. The molecule has 0 heterocycles. The predicted octanol–water partition coefficient (Wildman–Crippen LogP) is 1.82. The van der Waals surface area contributed by atoms with Crippen LogP contribution in [0.4, 0.5) is 0 Å². The molecule has 2 heteroatoms. The van der Waals surface area contributed by atoms with Crippen LogP contribution in [0.15, 0.2) is 11.8 Å². The van der Waals surface area contributed by atoms with Gasteiger partial charge in [-0.15, -0.1) is 0 Å². The van der Waals surface area contributed by atoms with Crippen LogP contribution in [0.3, 0.4) is 0 Å². The van der Waals surface area contributed by atoms with Gasteiger partial charge in [0.15, 0.2) is 5.78 Å². The highest BCUT2D eigenvalue weighted by atomic mass is 16.2. The Morgan fingerprint density at radius 3 is 2.90 bits per heavy atom. The molecular formula is C8H12O2. The molecule has 0 saturated heterocycles. The van der Waals surface area contributed by atoms with Gasteiger partial charge >= 0.3 is 0 Å². The zero-order valence-corrected chi connectivity index (χ0v) is 6.13. The highest BCUT2D eigenvalue weighted by Crippen LogP contribution is 2.23. The molecule has 1 N–H and O–H groups in total. The van der Waals surface area contributed by atoms with Gasteiger partial charge in [0.1, 0.15) is 0 Å². The third-order valence-electron chi connectivity index (χ3n) is 2.00. The van der Waals surface area contributed by atoms with Crippen LogP contribution in [-0.2, 0) is 4.79 Å². The first-order chi connectivity index (χ1) is 4.75. The molecule has 1 saturated carbocycles. The number of rotatable bonds is 0. The number of Topliss-reactive ketones (excluding diaryl/α,β-unsaturated/α-hetero) is 1. The van der Waals surface area contributed by atoms with Crippen LogP contribution >= 0.6 is 0 Å². The Balaban J connectivity index is 2.69. The zero-order valence-electron chi connectivity index (χ0n) is 6.13. The maximum Gasteiger partial charge on any atom is 0.164 e. The monoisotopic (exact) mass is 140 g/mol. The van der Waals surface area contributed by atoms with Crippen molar-refractivity contribution in [2.45, 2.75) is 26.2 Å². The predicted molar refractivity (Wildman–Crippen MR) is 38.7 cm³/mol. The van der Waals surface area contributed by atoms with E-state index in [1.165, 1.54) is 0 Å². The molecule has 1 rings (SSSR count). The summed E-state index contributed by atoms with van der Waals surface area (Å²) in [6.45, 7) is 1.91.